The number of nitrogen functional groups attached to an aromatic ring is 1. The van der Waals surface area contributed by atoms with Crippen LogP contribution in [0.15, 0.2) is 42.9 Å². The zero-order valence-electron chi connectivity index (χ0n) is 8.63. The molecule has 0 radical (unpaired) electrons. The van der Waals surface area contributed by atoms with Crippen LogP contribution in [0.2, 0.25) is 0 Å². The zero-order chi connectivity index (χ0) is 11.2. The Kier molecular flexibility index (Phi) is 3.30. The highest BCUT2D eigenvalue weighted by Crippen LogP contribution is 2.19. The van der Waals surface area contributed by atoms with E-state index in [0.717, 1.165) is 5.56 Å². The van der Waals surface area contributed by atoms with Crippen LogP contribution in [0.1, 0.15) is 5.56 Å². The van der Waals surface area contributed by atoms with Crippen molar-refractivity contribution in [2.75, 3.05) is 5.43 Å². The lowest BCUT2D eigenvalue weighted by Gasteiger charge is -2.08. The molecule has 0 spiro atoms. The van der Waals surface area contributed by atoms with Crippen molar-refractivity contribution in [3.05, 3.63) is 48.4 Å². The molecule has 2 aromatic rings. The highest BCUT2D eigenvalue weighted by molar-refractivity contribution is 5.46. The maximum Gasteiger partial charge on any atom is 0.186 e. The molecule has 5 nitrogen and oxygen atoms in total. The number of nitrogens with two attached hydrogens (primary N) is 1. The van der Waals surface area contributed by atoms with Gasteiger partial charge in [0.25, 0.3) is 0 Å². The van der Waals surface area contributed by atoms with Gasteiger partial charge in [0, 0.05) is 0 Å². The summed E-state index contributed by atoms with van der Waals surface area (Å²) in [7, 11) is 0. The second-order valence-electron chi connectivity index (χ2n) is 3.15. The Hall–Kier alpha value is -2.14. The van der Waals surface area contributed by atoms with Gasteiger partial charge < -0.3 is 10.2 Å². The first-order chi connectivity index (χ1) is 7.90. The third-order valence-corrected chi connectivity index (χ3v) is 2.05. The van der Waals surface area contributed by atoms with Crippen LogP contribution in [-0.4, -0.2) is 9.97 Å². The summed E-state index contributed by atoms with van der Waals surface area (Å²) >= 11 is 0. The van der Waals surface area contributed by atoms with E-state index in [1.165, 1.54) is 6.33 Å². The number of ether oxygens (including phenoxy) is 1. The van der Waals surface area contributed by atoms with Crippen LogP contribution in [0, 0.1) is 0 Å². The average Bonchev–Trinajstić information content (AvgIpc) is 2.38. The monoisotopic (exact) mass is 216 g/mol. The Bertz CT molecular complexity index is 447. The van der Waals surface area contributed by atoms with E-state index in [9.17, 15) is 0 Å². The number of aromatic nitrogens is 2. The fraction of sp³-hybridized carbons (Fsp3) is 0.0909. The molecule has 1 aromatic heterocycles. The lowest BCUT2D eigenvalue weighted by atomic mass is 10.2. The fourth-order valence-electron chi connectivity index (χ4n) is 1.27. The molecule has 0 amide bonds. The number of hydrogen-bond acceptors (Lipinski definition) is 5. The molecule has 3 N–H and O–H groups in total. The van der Waals surface area contributed by atoms with Gasteiger partial charge in [0.05, 0.1) is 6.20 Å². The Morgan fingerprint density at radius 1 is 1.25 bits per heavy atom. The molecule has 1 heterocycles. The summed E-state index contributed by atoms with van der Waals surface area (Å²) in [5, 5.41) is 0. The fourth-order valence-corrected chi connectivity index (χ4v) is 1.27. The van der Waals surface area contributed by atoms with E-state index in [2.05, 4.69) is 15.4 Å². The molecule has 16 heavy (non-hydrogen) atoms. The van der Waals surface area contributed by atoms with Gasteiger partial charge in [-0.15, -0.1) is 0 Å². The highest BCUT2D eigenvalue weighted by Gasteiger charge is 2.03. The molecule has 0 saturated carbocycles. The minimum atomic E-state index is 0.461. The molecule has 0 bridgehead atoms. The predicted molar refractivity (Wildman–Crippen MR) is 60.6 cm³/mol. The van der Waals surface area contributed by atoms with Gasteiger partial charge in [-0.2, -0.15) is 0 Å². The van der Waals surface area contributed by atoms with E-state index in [1.807, 2.05) is 30.3 Å². The molecule has 0 aliphatic heterocycles. The molecule has 0 atom stereocenters. The summed E-state index contributed by atoms with van der Waals surface area (Å²) in [6.07, 6.45) is 2.98. The number of anilines is 1. The normalized spacial score (nSPS) is 9.81. The van der Waals surface area contributed by atoms with Crippen LogP contribution < -0.4 is 16.0 Å². The predicted octanol–water partition coefficient (Wildman–Crippen LogP) is 1.34. The Morgan fingerprint density at radius 2 is 2.06 bits per heavy atom. The zero-order valence-corrected chi connectivity index (χ0v) is 8.63. The summed E-state index contributed by atoms with van der Waals surface area (Å²) in [4.78, 5) is 7.81. The van der Waals surface area contributed by atoms with Crippen LogP contribution in [0.5, 0.6) is 5.75 Å². The Balaban J connectivity index is 2.05. The van der Waals surface area contributed by atoms with Crippen molar-refractivity contribution in [1.82, 2.24) is 9.97 Å². The van der Waals surface area contributed by atoms with Crippen molar-refractivity contribution in [3.8, 4) is 5.75 Å². The summed E-state index contributed by atoms with van der Waals surface area (Å²) < 4.78 is 5.55. The number of benzene rings is 1. The van der Waals surface area contributed by atoms with E-state index < -0.39 is 0 Å². The molecule has 0 fully saturated rings. The van der Waals surface area contributed by atoms with Crippen molar-refractivity contribution >= 4 is 5.82 Å². The van der Waals surface area contributed by atoms with E-state index >= 15 is 0 Å². The second kappa shape index (κ2) is 5.09. The molecule has 1 aromatic carbocycles. The molecule has 82 valence electrons. The van der Waals surface area contributed by atoms with E-state index in [4.69, 9.17) is 10.6 Å². The van der Waals surface area contributed by atoms with Gasteiger partial charge in [0.15, 0.2) is 11.6 Å². The van der Waals surface area contributed by atoms with Gasteiger partial charge in [-0.1, -0.05) is 30.3 Å². The van der Waals surface area contributed by atoms with Gasteiger partial charge >= 0.3 is 0 Å². The summed E-state index contributed by atoms with van der Waals surface area (Å²) in [6.45, 7) is 0.461. The van der Waals surface area contributed by atoms with Crippen molar-refractivity contribution < 1.29 is 4.74 Å². The molecule has 0 saturated heterocycles. The van der Waals surface area contributed by atoms with Gasteiger partial charge in [0.2, 0.25) is 0 Å². The molecule has 2 rings (SSSR count). The summed E-state index contributed by atoms with van der Waals surface area (Å²) in [5.74, 6) is 6.31. The topological polar surface area (TPSA) is 73.1 Å². The molecular weight excluding hydrogens is 204 g/mol. The lowest BCUT2D eigenvalue weighted by molar-refractivity contribution is 0.305. The molecule has 5 heteroatoms. The standard InChI is InChI=1S/C11H12N4O/c12-15-11-10(6-13-8-14-11)16-7-9-4-2-1-3-5-9/h1-6,8H,7,12H2,(H,13,14,15). The molecule has 0 aliphatic rings. The van der Waals surface area contributed by atoms with Crippen LogP contribution in [-0.2, 0) is 6.61 Å². The third kappa shape index (κ3) is 2.46. The minimum Gasteiger partial charge on any atom is -0.483 e. The van der Waals surface area contributed by atoms with E-state index in [-0.39, 0.29) is 0 Å². The largest absolute Gasteiger partial charge is 0.483 e. The van der Waals surface area contributed by atoms with Crippen LogP contribution in [0.3, 0.4) is 0 Å². The molecular formula is C11H12N4O. The van der Waals surface area contributed by atoms with Crippen LogP contribution >= 0.6 is 0 Å². The average molecular weight is 216 g/mol. The van der Waals surface area contributed by atoms with Crippen molar-refractivity contribution in [2.24, 2.45) is 5.84 Å². The van der Waals surface area contributed by atoms with Gasteiger partial charge in [-0.25, -0.2) is 15.8 Å². The quantitative estimate of drug-likeness (QED) is 0.596. The lowest BCUT2D eigenvalue weighted by Crippen LogP contribution is -2.10. The third-order valence-electron chi connectivity index (χ3n) is 2.05. The van der Waals surface area contributed by atoms with Crippen molar-refractivity contribution in [3.63, 3.8) is 0 Å². The number of nitrogens with zero attached hydrogens (tertiary/aromatic N) is 2. The number of nitrogens with one attached hydrogen (secondary N) is 1. The van der Waals surface area contributed by atoms with Crippen molar-refractivity contribution in [1.29, 1.82) is 0 Å². The Labute approximate surface area is 93.3 Å². The first-order valence-electron chi connectivity index (χ1n) is 4.83. The summed E-state index contributed by atoms with van der Waals surface area (Å²) in [6, 6.07) is 9.85. The second-order valence-corrected chi connectivity index (χ2v) is 3.15. The number of rotatable bonds is 4. The number of hydrogen-bond donors (Lipinski definition) is 2. The van der Waals surface area contributed by atoms with Gasteiger partial charge in [0.1, 0.15) is 12.9 Å². The molecule has 0 unspecified atom stereocenters. The summed E-state index contributed by atoms with van der Waals surface area (Å²) in [5.41, 5.74) is 3.53. The van der Waals surface area contributed by atoms with E-state index in [1.54, 1.807) is 6.20 Å². The highest BCUT2D eigenvalue weighted by atomic mass is 16.5. The minimum absolute atomic E-state index is 0.461. The van der Waals surface area contributed by atoms with Crippen LogP contribution in [0.25, 0.3) is 0 Å². The first-order valence-corrected chi connectivity index (χ1v) is 4.83. The Morgan fingerprint density at radius 3 is 2.81 bits per heavy atom. The van der Waals surface area contributed by atoms with Gasteiger partial charge in [-0.3, -0.25) is 0 Å². The van der Waals surface area contributed by atoms with Crippen molar-refractivity contribution in [2.45, 2.75) is 6.61 Å². The van der Waals surface area contributed by atoms with E-state index in [0.29, 0.717) is 18.2 Å². The smallest absolute Gasteiger partial charge is 0.186 e. The first kappa shape index (κ1) is 10.4. The van der Waals surface area contributed by atoms with Gasteiger partial charge in [-0.05, 0) is 5.56 Å². The molecule has 0 aliphatic carbocycles. The van der Waals surface area contributed by atoms with Crippen LogP contribution in [0.4, 0.5) is 5.82 Å². The number of hydrazine groups is 1. The maximum absolute atomic E-state index is 5.55. The maximum atomic E-state index is 5.55. The SMILES string of the molecule is NNc1ncncc1OCc1ccccc1.